The molecule has 9 nitrogen and oxygen atoms in total. The third kappa shape index (κ3) is 6.76. The summed E-state index contributed by atoms with van der Waals surface area (Å²) in [5.41, 5.74) is 3.44. The van der Waals surface area contributed by atoms with Crippen LogP contribution in [0.1, 0.15) is 16.7 Å². The van der Waals surface area contributed by atoms with Gasteiger partial charge >= 0.3 is 0 Å². The normalized spacial score (nSPS) is 13.9. The van der Waals surface area contributed by atoms with E-state index in [-0.39, 0.29) is 35.8 Å². The number of rotatable bonds is 11. The van der Waals surface area contributed by atoms with Gasteiger partial charge in [-0.2, -0.15) is 0 Å². The number of imide groups is 1. The minimum Gasteiger partial charge on any atom is -0.493 e. The Morgan fingerprint density at radius 2 is 1.62 bits per heavy atom. The molecule has 0 bridgehead atoms. The molecule has 1 aliphatic heterocycles. The SMILES string of the molecule is COc1ccccc1OCCN1C(=O)S/C(=C\c2ccc(OCC(=O)Nc3cccc(C)c3C)c(OC)c2)C1=O. The highest BCUT2D eigenvalue weighted by Gasteiger charge is 2.35. The minimum atomic E-state index is -0.402. The highest BCUT2D eigenvalue weighted by atomic mass is 32.2. The number of hydrogen-bond donors (Lipinski definition) is 1. The van der Waals surface area contributed by atoms with Crippen LogP contribution in [0.2, 0.25) is 0 Å². The number of amides is 3. The maximum absolute atomic E-state index is 12.9. The van der Waals surface area contributed by atoms with Gasteiger partial charge in [0.25, 0.3) is 17.1 Å². The molecular formula is C30H30N2O7S. The van der Waals surface area contributed by atoms with Gasteiger partial charge in [0.05, 0.1) is 25.7 Å². The van der Waals surface area contributed by atoms with Crippen molar-refractivity contribution in [1.82, 2.24) is 4.90 Å². The molecule has 0 unspecified atom stereocenters. The number of methoxy groups -OCH3 is 2. The first-order valence-electron chi connectivity index (χ1n) is 12.5. The van der Waals surface area contributed by atoms with E-state index in [4.69, 9.17) is 18.9 Å². The molecule has 1 heterocycles. The van der Waals surface area contributed by atoms with Crippen LogP contribution in [0.5, 0.6) is 23.0 Å². The average molecular weight is 563 g/mol. The molecule has 0 atom stereocenters. The fourth-order valence-electron chi connectivity index (χ4n) is 3.94. The molecule has 208 valence electrons. The van der Waals surface area contributed by atoms with E-state index in [9.17, 15) is 14.4 Å². The van der Waals surface area contributed by atoms with Gasteiger partial charge in [-0.05, 0) is 78.7 Å². The zero-order valence-corrected chi connectivity index (χ0v) is 23.5. The molecule has 0 aromatic heterocycles. The Balaban J connectivity index is 1.36. The van der Waals surface area contributed by atoms with E-state index in [0.717, 1.165) is 33.5 Å². The van der Waals surface area contributed by atoms with Gasteiger partial charge in [-0.1, -0.05) is 30.3 Å². The molecular weight excluding hydrogens is 532 g/mol. The largest absolute Gasteiger partial charge is 0.493 e. The van der Waals surface area contributed by atoms with Gasteiger partial charge in [0.2, 0.25) is 0 Å². The Morgan fingerprint density at radius 3 is 2.38 bits per heavy atom. The number of benzene rings is 3. The molecule has 1 saturated heterocycles. The first kappa shape index (κ1) is 28.6. The molecule has 0 radical (unpaired) electrons. The summed E-state index contributed by atoms with van der Waals surface area (Å²) in [7, 11) is 3.03. The lowest BCUT2D eigenvalue weighted by atomic mass is 10.1. The maximum atomic E-state index is 12.9. The van der Waals surface area contributed by atoms with E-state index in [1.807, 2.05) is 44.2 Å². The Hall–Kier alpha value is -4.44. The predicted octanol–water partition coefficient (Wildman–Crippen LogP) is 5.45. The van der Waals surface area contributed by atoms with Gasteiger partial charge in [0.15, 0.2) is 29.6 Å². The Bertz CT molecular complexity index is 1450. The molecule has 0 saturated carbocycles. The third-order valence-corrected chi connectivity index (χ3v) is 7.15. The van der Waals surface area contributed by atoms with E-state index >= 15 is 0 Å². The van der Waals surface area contributed by atoms with Gasteiger partial charge in [-0.3, -0.25) is 19.3 Å². The van der Waals surface area contributed by atoms with Crippen molar-refractivity contribution in [3.63, 3.8) is 0 Å². The number of hydrogen-bond acceptors (Lipinski definition) is 8. The van der Waals surface area contributed by atoms with E-state index in [0.29, 0.717) is 28.6 Å². The molecule has 3 aromatic rings. The number of para-hydroxylation sites is 2. The van der Waals surface area contributed by atoms with Crippen molar-refractivity contribution in [2.45, 2.75) is 13.8 Å². The molecule has 1 N–H and O–H groups in total. The summed E-state index contributed by atoms with van der Waals surface area (Å²) in [6.07, 6.45) is 1.62. The molecule has 3 aromatic carbocycles. The summed E-state index contributed by atoms with van der Waals surface area (Å²) >= 11 is 0.859. The topological polar surface area (TPSA) is 103 Å². The van der Waals surface area contributed by atoms with E-state index in [1.165, 1.54) is 7.11 Å². The Kier molecular flexibility index (Phi) is 9.34. The number of thioether (sulfide) groups is 1. The summed E-state index contributed by atoms with van der Waals surface area (Å²) in [4.78, 5) is 39.3. The quantitative estimate of drug-likeness (QED) is 0.308. The van der Waals surface area contributed by atoms with Crippen LogP contribution in [0.25, 0.3) is 6.08 Å². The van der Waals surface area contributed by atoms with E-state index in [2.05, 4.69) is 5.32 Å². The number of aryl methyl sites for hydroxylation is 1. The van der Waals surface area contributed by atoms with Gasteiger partial charge in [0.1, 0.15) is 6.61 Å². The summed E-state index contributed by atoms with van der Waals surface area (Å²) in [5, 5.41) is 2.48. The molecule has 0 aliphatic carbocycles. The number of carbonyl (C=O) groups is 3. The van der Waals surface area contributed by atoms with Crippen LogP contribution < -0.4 is 24.3 Å². The van der Waals surface area contributed by atoms with Crippen LogP contribution in [-0.4, -0.2) is 55.9 Å². The van der Waals surface area contributed by atoms with Gasteiger partial charge in [-0.25, -0.2) is 0 Å². The smallest absolute Gasteiger partial charge is 0.293 e. The van der Waals surface area contributed by atoms with Crippen LogP contribution in [0.15, 0.2) is 65.6 Å². The predicted molar refractivity (Wildman–Crippen MR) is 154 cm³/mol. The lowest BCUT2D eigenvalue weighted by Crippen LogP contribution is -2.32. The zero-order valence-electron chi connectivity index (χ0n) is 22.7. The first-order chi connectivity index (χ1) is 19.3. The Labute approximate surface area is 237 Å². The van der Waals surface area contributed by atoms with E-state index in [1.54, 1.807) is 43.5 Å². The molecule has 1 fully saturated rings. The molecule has 40 heavy (non-hydrogen) atoms. The van der Waals surface area contributed by atoms with Crippen molar-refractivity contribution in [2.24, 2.45) is 0 Å². The van der Waals surface area contributed by atoms with Crippen LogP contribution in [0, 0.1) is 13.8 Å². The molecule has 4 rings (SSSR count). The van der Waals surface area contributed by atoms with Gasteiger partial charge in [-0.15, -0.1) is 0 Å². The number of carbonyl (C=O) groups excluding carboxylic acids is 3. The second-order valence-corrected chi connectivity index (χ2v) is 9.82. The number of ether oxygens (including phenoxy) is 4. The second-order valence-electron chi connectivity index (χ2n) is 8.83. The lowest BCUT2D eigenvalue weighted by molar-refractivity contribution is -0.123. The number of nitrogens with one attached hydrogen (secondary N) is 1. The summed E-state index contributed by atoms with van der Waals surface area (Å²) in [5.74, 6) is 1.16. The standard InChI is InChI=1S/C30H30N2O7S/c1-19-8-7-9-22(20(19)2)31-28(33)18-39-25-13-12-21(16-26(25)37-4)17-27-29(34)32(30(35)40-27)14-15-38-24-11-6-5-10-23(24)36-3/h5-13,16-17H,14-15,18H2,1-4H3,(H,31,33)/b27-17-. The number of anilines is 1. The van der Waals surface area contributed by atoms with Crippen molar-refractivity contribution in [2.75, 3.05) is 39.3 Å². The second kappa shape index (κ2) is 13.1. The van der Waals surface area contributed by atoms with Crippen molar-refractivity contribution >= 4 is 40.6 Å². The van der Waals surface area contributed by atoms with Crippen LogP contribution in [-0.2, 0) is 9.59 Å². The molecule has 3 amide bonds. The van der Waals surface area contributed by atoms with Crippen LogP contribution in [0.3, 0.4) is 0 Å². The minimum absolute atomic E-state index is 0.0975. The summed E-state index contributed by atoms with van der Waals surface area (Å²) in [6, 6.07) is 17.9. The van der Waals surface area contributed by atoms with Gasteiger partial charge < -0.3 is 24.3 Å². The van der Waals surface area contributed by atoms with Crippen molar-refractivity contribution in [3.05, 3.63) is 82.3 Å². The average Bonchev–Trinajstić information content (AvgIpc) is 3.22. The Morgan fingerprint density at radius 1 is 0.900 bits per heavy atom. The fraction of sp³-hybridized carbons (Fsp3) is 0.233. The fourth-order valence-corrected chi connectivity index (χ4v) is 4.80. The van der Waals surface area contributed by atoms with Gasteiger partial charge in [0, 0.05) is 5.69 Å². The molecule has 1 aliphatic rings. The monoisotopic (exact) mass is 562 g/mol. The highest BCUT2D eigenvalue weighted by Crippen LogP contribution is 2.35. The van der Waals surface area contributed by atoms with Crippen LogP contribution >= 0.6 is 11.8 Å². The molecule has 0 spiro atoms. The highest BCUT2D eigenvalue weighted by molar-refractivity contribution is 8.18. The summed E-state index contributed by atoms with van der Waals surface area (Å²) < 4.78 is 22.1. The molecule has 10 heteroatoms. The maximum Gasteiger partial charge on any atom is 0.293 e. The van der Waals surface area contributed by atoms with E-state index < -0.39 is 5.91 Å². The first-order valence-corrected chi connectivity index (χ1v) is 13.3. The zero-order chi connectivity index (χ0) is 28.6. The van der Waals surface area contributed by atoms with Crippen molar-refractivity contribution < 1.29 is 33.3 Å². The summed E-state index contributed by atoms with van der Waals surface area (Å²) in [6.45, 7) is 3.94. The van der Waals surface area contributed by atoms with Crippen molar-refractivity contribution in [1.29, 1.82) is 0 Å². The third-order valence-electron chi connectivity index (χ3n) is 6.24. The lowest BCUT2D eigenvalue weighted by Gasteiger charge is -2.14. The number of nitrogens with zero attached hydrogens (tertiary/aromatic N) is 1. The van der Waals surface area contributed by atoms with Crippen molar-refractivity contribution in [3.8, 4) is 23.0 Å². The van der Waals surface area contributed by atoms with Crippen LogP contribution in [0.4, 0.5) is 10.5 Å².